The average Bonchev–Trinajstić information content (AvgIpc) is 2.29. The average molecular weight is 238 g/mol. The molecule has 0 bridgehead atoms. The number of ketones is 1. The highest BCUT2D eigenvalue weighted by Crippen LogP contribution is 2.11. The van der Waals surface area contributed by atoms with Gasteiger partial charge in [-0.05, 0) is 36.6 Å². The summed E-state index contributed by atoms with van der Waals surface area (Å²) in [5.74, 6) is -0.199. The molecule has 3 heteroatoms. The maximum Gasteiger partial charge on any atom is 0.139 e. The summed E-state index contributed by atoms with van der Waals surface area (Å²) in [5.41, 5.74) is 1.72. The van der Waals surface area contributed by atoms with Crippen molar-refractivity contribution in [3.63, 3.8) is 0 Å². The summed E-state index contributed by atoms with van der Waals surface area (Å²) in [4.78, 5) is 11.6. The number of ether oxygens (including phenoxy) is 1. The minimum atomic E-state index is -0.291. The lowest BCUT2D eigenvalue weighted by molar-refractivity contribution is -0.119. The van der Waals surface area contributed by atoms with Gasteiger partial charge in [0.1, 0.15) is 11.6 Å². The predicted molar refractivity (Wildman–Crippen MR) is 65.6 cm³/mol. The van der Waals surface area contributed by atoms with E-state index in [0.29, 0.717) is 26.1 Å². The molecule has 0 saturated heterocycles. The summed E-state index contributed by atoms with van der Waals surface area (Å²) in [5, 5.41) is 0. The van der Waals surface area contributed by atoms with E-state index in [0.717, 1.165) is 17.5 Å². The molecule has 1 aromatic carbocycles. The van der Waals surface area contributed by atoms with Crippen LogP contribution in [-0.2, 0) is 16.0 Å². The molecule has 0 fully saturated rings. The van der Waals surface area contributed by atoms with Crippen molar-refractivity contribution in [3.05, 3.63) is 35.1 Å². The molecule has 0 N–H and O–H groups in total. The zero-order valence-electron chi connectivity index (χ0n) is 10.5. The first-order valence-corrected chi connectivity index (χ1v) is 5.98. The molecular weight excluding hydrogens is 219 g/mol. The van der Waals surface area contributed by atoms with Crippen molar-refractivity contribution in [2.75, 3.05) is 13.2 Å². The van der Waals surface area contributed by atoms with E-state index in [1.807, 2.05) is 13.8 Å². The molecule has 0 atom stereocenters. The van der Waals surface area contributed by atoms with Crippen molar-refractivity contribution in [3.8, 4) is 0 Å². The van der Waals surface area contributed by atoms with E-state index in [1.165, 1.54) is 12.1 Å². The van der Waals surface area contributed by atoms with E-state index in [-0.39, 0.29) is 11.6 Å². The Kier molecular flexibility index (Phi) is 5.84. The van der Waals surface area contributed by atoms with Gasteiger partial charge in [0.2, 0.25) is 0 Å². The zero-order valence-corrected chi connectivity index (χ0v) is 10.5. The van der Waals surface area contributed by atoms with E-state index in [1.54, 1.807) is 6.07 Å². The second-order valence-corrected chi connectivity index (χ2v) is 4.15. The number of hydrogen-bond donors (Lipinski definition) is 0. The summed E-state index contributed by atoms with van der Waals surface area (Å²) in [7, 11) is 0. The lowest BCUT2D eigenvalue weighted by atomic mass is 10.0. The van der Waals surface area contributed by atoms with Gasteiger partial charge in [0.15, 0.2) is 0 Å². The summed E-state index contributed by atoms with van der Waals surface area (Å²) in [6.07, 6.45) is 1.65. The molecule has 2 nitrogen and oxygen atoms in total. The third-order valence-corrected chi connectivity index (χ3v) is 2.57. The number of carbonyl (C=O) groups excluding carboxylic acids is 1. The molecular formula is C14H19FO2. The largest absolute Gasteiger partial charge is 0.381 e. The highest BCUT2D eigenvalue weighted by atomic mass is 19.1. The normalized spacial score (nSPS) is 10.5. The highest BCUT2D eigenvalue weighted by molar-refractivity contribution is 5.81. The van der Waals surface area contributed by atoms with Gasteiger partial charge >= 0.3 is 0 Å². The fraction of sp³-hybridized carbons (Fsp3) is 0.500. The molecule has 0 aliphatic carbocycles. The second kappa shape index (κ2) is 7.17. The first-order valence-electron chi connectivity index (χ1n) is 5.98. The number of halogens is 1. The van der Waals surface area contributed by atoms with Crippen LogP contribution in [0.3, 0.4) is 0 Å². The number of rotatable bonds is 7. The van der Waals surface area contributed by atoms with Crippen LogP contribution in [0.2, 0.25) is 0 Å². The van der Waals surface area contributed by atoms with Crippen LogP contribution in [0.4, 0.5) is 4.39 Å². The maximum atomic E-state index is 13.0. The van der Waals surface area contributed by atoms with Crippen LogP contribution in [0.25, 0.3) is 0 Å². The maximum absolute atomic E-state index is 13.0. The minimum absolute atomic E-state index is 0.0924. The molecule has 0 heterocycles. The Morgan fingerprint density at radius 3 is 2.82 bits per heavy atom. The van der Waals surface area contributed by atoms with Gasteiger partial charge in [0, 0.05) is 19.4 Å². The smallest absolute Gasteiger partial charge is 0.139 e. The molecule has 1 rings (SSSR count). The Hall–Kier alpha value is -1.22. The Bertz CT molecular complexity index is 374. The quantitative estimate of drug-likeness (QED) is 0.682. The van der Waals surface area contributed by atoms with Crippen LogP contribution in [0.15, 0.2) is 18.2 Å². The molecule has 0 unspecified atom stereocenters. The van der Waals surface area contributed by atoms with Gasteiger partial charge in [-0.2, -0.15) is 0 Å². The van der Waals surface area contributed by atoms with E-state index in [9.17, 15) is 9.18 Å². The Morgan fingerprint density at radius 1 is 1.35 bits per heavy atom. The molecule has 0 radical (unpaired) electrons. The molecule has 1 aromatic rings. The van der Waals surface area contributed by atoms with Crippen molar-refractivity contribution in [1.29, 1.82) is 0 Å². The van der Waals surface area contributed by atoms with Crippen LogP contribution in [0.1, 0.15) is 30.9 Å². The van der Waals surface area contributed by atoms with Crippen LogP contribution < -0.4 is 0 Å². The van der Waals surface area contributed by atoms with Crippen LogP contribution >= 0.6 is 0 Å². The van der Waals surface area contributed by atoms with Gasteiger partial charge in [-0.25, -0.2) is 4.39 Å². The highest BCUT2D eigenvalue weighted by Gasteiger charge is 2.07. The van der Waals surface area contributed by atoms with Gasteiger partial charge in [-0.15, -0.1) is 0 Å². The summed E-state index contributed by atoms with van der Waals surface area (Å²) in [6.45, 7) is 5.06. The standard InChI is InChI=1S/C14H19FO2/c1-3-7-17-8-6-14(16)10-12-9-13(15)5-4-11(12)2/h4-5,9H,3,6-8,10H2,1-2H3. The molecule has 94 valence electrons. The van der Waals surface area contributed by atoms with Gasteiger partial charge < -0.3 is 4.74 Å². The van der Waals surface area contributed by atoms with E-state index < -0.39 is 0 Å². The number of carbonyl (C=O) groups is 1. The number of Topliss-reactive ketones (excluding diaryl/α,β-unsaturated/α-hetero) is 1. The van der Waals surface area contributed by atoms with Crippen LogP contribution in [-0.4, -0.2) is 19.0 Å². The van der Waals surface area contributed by atoms with Gasteiger partial charge in [0.05, 0.1) is 6.61 Å². The molecule has 0 aromatic heterocycles. The van der Waals surface area contributed by atoms with Gasteiger partial charge in [-0.3, -0.25) is 4.79 Å². The summed E-state index contributed by atoms with van der Waals surface area (Å²) in [6, 6.07) is 4.54. The molecule has 0 amide bonds. The molecule has 17 heavy (non-hydrogen) atoms. The number of hydrogen-bond acceptors (Lipinski definition) is 2. The predicted octanol–water partition coefficient (Wildman–Crippen LogP) is 3.06. The first-order chi connectivity index (χ1) is 8.13. The first kappa shape index (κ1) is 13.8. The molecule has 0 spiro atoms. The van der Waals surface area contributed by atoms with Crippen molar-refractivity contribution in [2.24, 2.45) is 0 Å². The van der Waals surface area contributed by atoms with E-state index >= 15 is 0 Å². The molecule has 0 saturated carbocycles. The van der Waals surface area contributed by atoms with Gasteiger partial charge in [-0.1, -0.05) is 13.0 Å². The fourth-order valence-electron chi connectivity index (χ4n) is 1.56. The lowest BCUT2D eigenvalue weighted by Gasteiger charge is -2.06. The third-order valence-electron chi connectivity index (χ3n) is 2.57. The SMILES string of the molecule is CCCOCCC(=O)Cc1cc(F)ccc1C. The van der Waals surface area contributed by atoms with Crippen molar-refractivity contribution >= 4 is 5.78 Å². The third kappa shape index (κ3) is 5.09. The Morgan fingerprint density at radius 2 is 2.12 bits per heavy atom. The topological polar surface area (TPSA) is 26.3 Å². The summed E-state index contributed by atoms with van der Waals surface area (Å²) < 4.78 is 18.3. The summed E-state index contributed by atoms with van der Waals surface area (Å²) >= 11 is 0. The second-order valence-electron chi connectivity index (χ2n) is 4.15. The van der Waals surface area contributed by atoms with Crippen molar-refractivity contribution < 1.29 is 13.9 Å². The number of benzene rings is 1. The Labute approximate surface area is 102 Å². The zero-order chi connectivity index (χ0) is 12.7. The minimum Gasteiger partial charge on any atom is -0.381 e. The molecule has 0 aliphatic heterocycles. The van der Waals surface area contributed by atoms with E-state index in [4.69, 9.17) is 4.74 Å². The number of aryl methyl sites for hydroxylation is 1. The van der Waals surface area contributed by atoms with Crippen molar-refractivity contribution in [1.82, 2.24) is 0 Å². The van der Waals surface area contributed by atoms with E-state index in [2.05, 4.69) is 0 Å². The van der Waals surface area contributed by atoms with Crippen LogP contribution in [0, 0.1) is 12.7 Å². The van der Waals surface area contributed by atoms with Crippen molar-refractivity contribution in [2.45, 2.75) is 33.1 Å². The molecule has 0 aliphatic rings. The monoisotopic (exact) mass is 238 g/mol. The fourth-order valence-corrected chi connectivity index (χ4v) is 1.56. The van der Waals surface area contributed by atoms with Crippen LogP contribution in [0.5, 0.6) is 0 Å². The Balaban J connectivity index is 2.42. The lowest BCUT2D eigenvalue weighted by Crippen LogP contribution is -2.08. The van der Waals surface area contributed by atoms with Gasteiger partial charge in [0.25, 0.3) is 0 Å².